The maximum Gasteiger partial charge on any atom is 0.205 e. The Kier molecular flexibility index (Phi) is 5.69. The molecule has 1 N–H and O–H groups in total. The molecule has 0 saturated heterocycles. The molecule has 3 rings (SSSR count). The van der Waals surface area contributed by atoms with Crippen LogP contribution in [0.5, 0.6) is 0 Å². The topological polar surface area (TPSA) is 38.1 Å². The van der Waals surface area contributed by atoms with Gasteiger partial charge in [0.2, 0.25) is 6.04 Å². The van der Waals surface area contributed by atoms with Crippen molar-refractivity contribution in [3.8, 4) is 0 Å². The molecule has 0 aromatic heterocycles. The fraction of sp³-hybridized carbons (Fsp3) is 0.174. The number of nitrogens with zero attached hydrogens (tertiary/aromatic N) is 1. The van der Waals surface area contributed by atoms with E-state index in [-0.39, 0.29) is 6.04 Å². The number of hydroxylamine groups is 1. The number of rotatable bonds is 6. The highest BCUT2D eigenvalue weighted by Gasteiger charge is 2.18. The minimum Gasteiger partial charge on any atom is -0.623 e. The van der Waals surface area contributed by atoms with E-state index in [9.17, 15) is 5.21 Å². The van der Waals surface area contributed by atoms with Crippen molar-refractivity contribution in [2.24, 2.45) is 0 Å². The third-order valence-electron chi connectivity index (χ3n) is 4.40. The lowest BCUT2D eigenvalue weighted by molar-refractivity contribution is -0.499. The summed E-state index contributed by atoms with van der Waals surface area (Å²) in [5.74, 6) is 0. The molecule has 132 valence electrons. The molecular weight excluding hydrogens is 320 g/mol. The molecule has 1 atom stereocenters. The highest BCUT2D eigenvalue weighted by molar-refractivity contribution is 5.75. The predicted octanol–water partition coefficient (Wildman–Crippen LogP) is 5.09. The summed E-state index contributed by atoms with van der Waals surface area (Å²) in [6, 6.07) is 25.8. The summed E-state index contributed by atoms with van der Waals surface area (Å²) in [5.41, 5.74) is 5.31. The molecule has 3 heteroatoms. The molecule has 1 unspecified atom stereocenters. The van der Waals surface area contributed by atoms with Crippen molar-refractivity contribution in [3.63, 3.8) is 0 Å². The van der Waals surface area contributed by atoms with Crippen LogP contribution in [0.2, 0.25) is 0 Å². The van der Waals surface area contributed by atoms with E-state index < -0.39 is 0 Å². The highest BCUT2D eigenvalue weighted by Crippen LogP contribution is 2.18. The van der Waals surface area contributed by atoms with Crippen LogP contribution in [0.1, 0.15) is 28.3 Å². The second-order valence-corrected chi connectivity index (χ2v) is 6.57. The van der Waals surface area contributed by atoms with Gasteiger partial charge >= 0.3 is 0 Å². The first-order valence-corrected chi connectivity index (χ1v) is 8.84. The SMILES string of the molecule is Cc1ccc(/C=[N+](\[O-])C(CNc2ccc(C)cc2)c2ccccc2)cc1. The average molecular weight is 344 g/mol. The maximum atomic E-state index is 12.9. The number of aryl methyl sites for hydroxylation is 2. The fourth-order valence-electron chi connectivity index (χ4n) is 2.81. The number of benzene rings is 3. The van der Waals surface area contributed by atoms with Crippen molar-refractivity contribution in [2.45, 2.75) is 19.9 Å². The van der Waals surface area contributed by atoms with Crippen molar-refractivity contribution in [2.75, 3.05) is 11.9 Å². The first kappa shape index (κ1) is 17.7. The van der Waals surface area contributed by atoms with Crippen LogP contribution >= 0.6 is 0 Å². The summed E-state index contributed by atoms with van der Waals surface area (Å²) < 4.78 is 1.04. The molecule has 0 radical (unpaired) electrons. The minimum atomic E-state index is -0.307. The molecule has 0 spiro atoms. The minimum absolute atomic E-state index is 0.307. The predicted molar refractivity (Wildman–Crippen MR) is 109 cm³/mol. The molecule has 26 heavy (non-hydrogen) atoms. The van der Waals surface area contributed by atoms with Gasteiger partial charge in [-0.2, -0.15) is 0 Å². The van der Waals surface area contributed by atoms with E-state index in [0.29, 0.717) is 6.54 Å². The zero-order valence-electron chi connectivity index (χ0n) is 15.2. The smallest absolute Gasteiger partial charge is 0.205 e. The van der Waals surface area contributed by atoms with Gasteiger partial charge in [-0.3, -0.25) is 0 Å². The lowest BCUT2D eigenvalue weighted by Crippen LogP contribution is -2.23. The van der Waals surface area contributed by atoms with E-state index in [1.807, 2.05) is 73.7 Å². The molecule has 0 aliphatic rings. The molecule has 3 nitrogen and oxygen atoms in total. The summed E-state index contributed by atoms with van der Waals surface area (Å²) in [7, 11) is 0. The van der Waals surface area contributed by atoms with Crippen LogP contribution < -0.4 is 5.32 Å². The lowest BCUT2D eigenvalue weighted by atomic mass is 10.1. The number of anilines is 1. The molecule has 0 amide bonds. The van der Waals surface area contributed by atoms with E-state index in [0.717, 1.165) is 21.6 Å². The molecule has 0 bridgehead atoms. The molecule has 0 aliphatic heterocycles. The quantitative estimate of drug-likeness (QED) is 0.293. The van der Waals surface area contributed by atoms with E-state index in [2.05, 4.69) is 24.4 Å². The van der Waals surface area contributed by atoms with E-state index in [1.165, 1.54) is 11.1 Å². The molecule has 0 fully saturated rings. The molecule has 3 aromatic rings. The Balaban J connectivity index is 1.83. The Morgan fingerprint density at radius 2 is 1.42 bits per heavy atom. The van der Waals surface area contributed by atoms with Crippen LogP contribution in [0.25, 0.3) is 0 Å². The van der Waals surface area contributed by atoms with Crippen molar-refractivity contribution < 1.29 is 4.74 Å². The molecule has 3 aromatic carbocycles. The Bertz CT molecular complexity index is 853. The van der Waals surface area contributed by atoms with Crippen LogP contribution in [0.4, 0.5) is 5.69 Å². The molecular formula is C23H24N2O. The summed E-state index contributed by atoms with van der Waals surface area (Å²) in [6.07, 6.45) is 1.66. The standard InChI is InChI=1S/C23H24N2O/c1-18-8-12-20(13-9-18)17-25(26)23(21-6-4-3-5-7-21)16-24-22-14-10-19(2)11-15-22/h3-15,17,23-24H,16H2,1-2H3/b25-17-. The van der Waals surface area contributed by atoms with E-state index in [4.69, 9.17) is 0 Å². The Morgan fingerprint density at radius 1 is 0.846 bits per heavy atom. The van der Waals surface area contributed by atoms with Gasteiger partial charge < -0.3 is 10.5 Å². The summed E-state index contributed by atoms with van der Waals surface area (Å²) in [4.78, 5) is 0. The van der Waals surface area contributed by atoms with Gasteiger partial charge in [0.1, 0.15) is 0 Å². The highest BCUT2D eigenvalue weighted by atomic mass is 16.5. The molecule has 0 aliphatic carbocycles. The van der Waals surface area contributed by atoms with Gasteiger partial charge in [-0.05, 0) is 38.1 Å². The largest absolute Gasteiger partial charge is 0.623 e. The van der Waals surface area contributed by atoms with Crippen molar-refractivity contribution >= 4 is 11.9 Å². The van der Waals surface area contributed by atoms with Crippen molar-refractivity contribution in [1.29, 1.82) is 0 Å². The number of nitrogens with one attached hydrogen (secondary N) is 1. The zero-order chi connectivity index (χ0) is 18.4. The summed E-state index contributed by atoms with van der Waals surface area (Å²) in [6.45, 7) is 4.63. The second-order valence-electron chi connectivity index (χ2n) is 6.57. The molecule has 0 heterocycles. The van der Waals surface area contributed by atoms with Gasteiger partial charge in [-0.15, -0.1) is 0 Å². The van der Waals surface area contributed by atoms with Crippen molar-refractivity contribution in [1.82, 2.24) is 0 Å². The van der Waals surface area contributed by atoms with Crippen LogP contribution in [-0.4, -0.2) is 17.5 Å². The van der Waals surface area contributed by atoms with Gasteiger partial charge in [-0.25, -0.2) is 4.74 Å². The second kappa shape index (κ2) is 8.34. The average Bonchev–Trinajstić information content (AvgIpc) is 2.66. The number of hydrogen-bond acceptors (Lipinski definition) is 2. The van der Waals surface area contributed by atoms with E-state index >= 15 is 0 Å². The monoisotopic (exact) mass is 344 g/mol. The summed E-state index contributed by atoms with van der Waals surface area (Å²) >= 11 is 0. The summed E-state index contributed by atoms with van der Waals surface area (Å²) in [5, 5.41) is 16.3. The van der Waals surface area contributed by atoms with Gasteiger partial charge in [0.15, 0.2) is 6.21 Å². The van der Waals surface area contributed by atoms with Crippen LogP contribution in [0.15, 0.2) is 78.9 Å². The van der Waals surface area contributed by atoms with Crippen molar-refractivity contribution in [3.05, 3.63) is 106 Å². The first-order valence-electron chi connectivity index (χ1n) is 8.84. The normalized spacial score (nSPS) is 12.6. The van der Waals surface area contributed by atoms with Gasteiger partial charge in [0.05, 0.1) is 6.54 Å². The Labute approximate surface area is 155 Å². The fourth-order valence-corrected chi connectivity index (χ4v) is 2.81. The molecule has 0 saturated carbocycles. The first-order chi connectivity index (χ1) is 12.6. The Hall–Kier alpha value is -3.07. The van der Waals surface area contributed by atoms with Crippen LogP contribution in [0, 0.1) is 19.1 Å². The van der Waals surface area contributed by atoms with Crippen LogP contribution in [0.3, 0.4) is 0 Å². The lowest BCUT2D eigenvalue weighted by Gasteiger charge is -2.19. The third kappa shape index (κ3) is 4.73. The number of hydrogen-bond donors (Lipinski definition) is 1. The maximum absolute atomic E-state index is 12.9. The Morgan fingerprint density at radius 3 is 2.04 bits per heavy atom. The third-order valence-corrected chi connectivity index (χ3v) is 4.40. The van der Waals surface area contributed by atoms with Gasteiger partial charge in [0, 0.05) is 16.8 Å². The van der Waals surface area contributed by atoms with Gasteiger partial charge in [-0.1, -0.05) is 65.7 Å². The van der Waals surface area contributed by atoms with Crippen LogP contribution in [-0.2, 0) is 0 Å². The van der Waals surface area contributed by atoms with Gasteiger partial charge in [0.25, 0.3) is 0 Å². The zero-order valence-corrected chi connectivity index (χ0v) is 15.2. The van der Waals surface area contributed by atoms with E-state index in [1.54, 1.807) is 6.21 Å².